The minimum Gasteiger partial charge on any atom is -0.342 e. The highest BCUT2D eigenvalue weighted by Crippen LogP contribution is 2.21. The van der Waals surface area contributed by atoms with Crippen molar-refractivity contribution in [2.24, 2.45) is 11.7 Å². The number of hydrogen-bond donors (Lipinski definition) is 1. The van der Waals surface area contributed by atoms with E-state index in [1.807, 2.05) is 11.8 Å². The topological polar surface area (TPSA) is 46.3 Å². The molecule has 2 aromatic carbocycles. The maximum Gasteiger partial charge on any atom is 0.222 e. The van der Waals surface area contributed by atoms with Gasteiger partial charge in [-0.3, -0.25) is 4.79 Å². The summed E-state index contributed by atoms with van der Waals surface area (Å²) in [5.74, 6) is 0.719. The van der Waals surface area contributed by atoms with Crippen molar-refractivity contribution in [2.75, 3.05) is 13.1 Å². The van der Waals surface area contributed by atoms with Gasteiger partial charge in [0.05, 0.1) is 0 Å². The van der Waals surface area contributed by atoms with Gasteiger partial charge in [-0.05, 0) is 48.4 Å². The number of benzene rings is 2. The Morgan fingerprint density at radius 2 is 2.00 bits per heavy atom. The Balaban J connectivity index is 0.00000208. The van der Waals surface area contributed by atoms with Gasteiger partial charge in [0.15, 0.2) is 0 Å². The lowest BCUT2D eigenvalue weighted by Gasteiger charge is -2.34. The monoisotopic (exact) mass is 346 g/mol. The Kier molecular flexibility index (Phi) is 6.64. The van der Waals surface area contributed by atoms with Crippen molar-refractivity contribution < 1.29 is 4.79 Å². The van der Waals surface area contributed by atoms with Crippen LogP contribution in [0.1, 0.15) is 31.7 Å². The van der Waals surface area contributed by atoms with E-state index in [-0.39, 0.29) is 24.4 Å². The van der Waals surface area contributed by atoms with Gasteiger partial charge < -0.3 is 10.6 Å². The van der Waals surface area contributed by atoms with Crippen LogP contribution in [0.3, 0.4) is 0 Å². The summed E-state index contributed by atoms with van der Waals surface area (Å²) in [4.78, 5) is 14.5. The highest BCUT2D eigenvalue weighted by Gasteiger charge is 2.25. The second kappa shape index (κ2) is 8.50. The first-order valence-corrected chi connectivity index (χ1v) is 8.64. The highest BCUT2D eigenvalue weighted by molar-refractivity contribution is 5.85. The molecule has 2 unspecified atom stereocenters. The molecule has 0 aromatic heterocycles. The molecule has 2 aromatic rings. The number of amides is 1. The average Bonchev–Trinajstić information content (AvgIpc) is 2.59. The third-order valence-electron chi connectivity index (χ3n) is 5.00. The normalized spacial score (nSPS) is 18.9. The van der Waals surface area contributed by atoms with Crippen molar-refractivity contribution in [3.8, 4) is 0 Å². The molecule has 3 nitrogen and oxygen atoms in total. The molecule has 1 fully saturated rings. The molecule has 2 atom stereocenters. The molecule has 3 rings (SSSR count). The van der Waals surface area contributed by atoms with Crippen LogP contribution in [0.4, 0.5) is 0 Å². The summed E-state index contributed by atoms with van der Waals surface area (Å²) >= 11 is 0. The molecule has 130 valence electrons. The third kappa shape index (κ3) is 4.49. The van der Waals surface area contributed by atoms with Gasteiger partial charge in [0.1, 0.15) is 0 Å². The van der Waals surface area contributed by atoms with Crippen LogP contribution in [0.25, 0.3) is 10.8 Å². The zero-order chi connectivity index (χ0) is 16.2. The lowest BCUT2D eigenvalue weighted by Crippen LogP contribution is -2.45. The Bertz CT molecular complexity index is 686. The lowest BCUT2D eigenvalue weighted by atomic mass is 9.92. The molecule has 1 saturated heterocycles. The first kappa shape index (κ1) is 18.8. The molecule has 0 saturated carbocycles. The summed E-state index contributed by atoms with van der Waals surface area (Å²) in [6.45, 7) is 3.77. The van der Waals surface area contributed by atoms with Crippen LogP contribution in [0, 0.1) is 5.92 Å². The van der Waals surface area contributed by atoms with Crippen LogP contribution in [0.2, 0.25) is 0 Å². The summed E-state index contributed by atoms with van der Waals surface area (Å²) in [7, 11) is 0. The van der Waals surface area contributed by atoms with Gasteiger partial charge >= 0.3 is 0 Å². The zero-order valence-electron chi connectivity index (χ0n) is 14.3. The van der Waals surface area contributed by atoms with E-state index in [2.05, 4.69) is 42.5 Å². The molecule has 1 heterocycles. The van der Waals surface area contributed by atoms with Crippen LogP contribution in [0.15, 0.2) is 42.5 Å². The summed E-state index contributed by atoms with van der Waals surface area (Å²) in [5.41, 5.74) is 7.24. The molecule has 24 heavy (non-hydrogen) atoms. The molecular weight excluding hydrogens is 320 g/mol. The molecule has 0 radical (unpaired) electrons. The Labute approximate surface area is 150 Å². The highest BCUT2D eigenvalue weighted by atomic mass is 35.5. The fourth-order valence-electron chi connectivity index (χ4n) is 3.47. The lowest BCUT2D eigenvalue weighted by molar-refractivity contribution is -0.133. The largest absolute Gasteiger partial charge is 0.342 e. The van der Waals surface area contributed by atoms with E-state index in [1.54, 1.807) is 0 Å². The van der Waals surface area contributed by atoms with Crippen LogP contribution >= 0.6 is 12.4 Å². The Morgan fingerprint density at radius 3 is 2.75 bits per heavy atom. The van der Waals surface area contributed by atoms with Crippen molar-refractivity contribution in [2.45, 2.75) is 38.6 Å². The maximum absolute atomic E-state index is 12.5. The molecular formula is C20H27ClN2O. The van der Waals surface area contributed by atoms with Gasteiger partial charge in [-0.15, -0.1) is 12.4 Å². The number of carbonyl (C=O) groups is 1. The molecule has 0 bridgehead atoms. The van der Waals surface area contributed by atoms with Gasteiger partial charge in [-0.1, -0.05) is 42.5 Å². The Morgan fingerprint density at radius 1 is 1.25 bits per heavy atom. The second-order valence-corrected chi connectivity index (χ2v) is 6.78. The number of likely N-dealkylation sites (tertiary alicyclic amines) is 1. The van der Waals surface area contributed by atoms with Gasteiger partial charge in [-0.25, -0.2) is 0 Å². The standard InChI is InChI=1S/C20H26N2O.ClH/c1-15(21)19-7-4-12-22(14-19)20(23)11-9-16-8-10-17-5-2-3-6-18(17)13-16;/h2-3,5-6,8,10,13,15,19H,4,7,9,11-12,14,21H2,1H3;1H. The summed E-state index contributed by atoms with van der Waals surface area (Å²) in [5, 5.41) is 2.49. The molecule has 0 spiro atoms. The maximum atomic E-state index is 12.5. The third-order valence-corrected chi connectivity index (χ3v) is 5.00. The van der Waals surface area contributed by atoms with E-state index in [9.17, 15) is 4.79 Å². The molecule has 1 amide bonds. The number of nitrogens with two attached hydrogens (primary N) is 1. The minimum absolute atomic E-state index is 0. The van der Waals surface area contributed by atoms with E-state index in [1.165, 1.54) is 16.3 Å². The molecule has 1 aliphatic heterocycles. The predicted octanol–water partition coefficient (Wildman–Crippen LogP) is 3.78. The number of piperidine rings is 1. The van der Waals surface area contributed by atoms with E-state index in [4.69, 9.17) is 5.73 Å². The quantitative estimate of drug-likeness (QED) is 0.915. The number of halogens is 1. The van der Waals surface area contributed by atoms with Gasteiger partial charge in [-0.2, -0.15) is 0 Å². The smallest absolute Gasteiger partial charge is 0.222 e. The average molecular weight is 347 g/mol. The molecule has 0 aliphatic carbocycles. The molecule has 2 N–H and O–H groups in total. The van der Waals surface area contributed by atoms with Crippen molar-refractivity contribution in [1.82, 2.24) is 4.90 Å². The fraction of sp³-hybridized carbons (Fsp3) is 0.450. The predicted molar refractivity (Wildman–Crippen MR) is 102 cm³/mol. The van der Waals surface area contributed by atoms with Crippen LogP contribution in [0.5, 0.6) is 0 Å². The first-order chi connectivity index (χ1) is 11.1. The second-order valence-electron chi connectivity index (χ2n) is 6.78. The van der Waals surface area contributed by atoms with Crippen molar-refractivity contribution in [1.29, 1.82) is 0 Å². The minimum atomic E-state index is 0. The fourth-order valence-corrected chi connectivity index (χ4v) is 3.47. The van der Waals surface area contributed by atoms with Crippen LogP contribution in [-0.2, 0) is 11.2 Å². The number of hydrogen-bond acceptors (Lipinski definition) is 2. The molecule has 4 heteroatoms. The van der Waals surface area contributed by atoms with Gasteiger partial charge in [0.25, 0.3) is 0 Å². The zero-order valence-corrected chi connectivity index (χ0v) is 15.1. The van der Waals surface area contributed by atoms with Gasteiger partial charge in [0.2, 0.25) is 5.91 Å². The van der Waals surface area contributed by atoms with E-state index in [0.29, 0.717) is 12.3 Å². The molecule has 1 aliphatic rings. The Hall–Kier alpha value is -1.58. The van der Waals surface area contributed by atoms with Crippen molar-refractivity contribution in [3.05, 3.63) is 48.0 Å². The number of fused-ring (bicyclic) bond motifs is 1. The summed E-state index contributed by atoms with van der Waals surface area (Å²) < 4.78 is 0. The SMILES string of the molecule is CC(N)C1CCCN(C(=O)CCc2ccc3ccccc3c2)C1.Cl. The van der Waals surface area contributed by atoms with Crippen molar-refractivity contribution in [3.63, 3.8) is 0 Å². The number of nitrogens with zero attached hydrogens (tertiary/aromatic N) is 1. The van der Waals surface area contributed by atoms with E-state index in [0.717, 1.165) is 32.4 Å². The summed E-state index contributed by atoms with van der Waals surface area (Å²) in [6, 6.07) is 15.0. The van der Waals surface area contributed by atoms with Crippen LogP contribution in [-0.4, -0.2) is 29.9 Å². The van der Waals surface area contributed by atoms with Crippen molar-refractivity contribution >= 4 is 29.1 Å². The first-order valence-electron chi connectivity index (χ1n) is 8.64. The summed E-state index contributed by atoms with van der Waals surface area (Å²) in [6.07, 6.45) is 3.62. The number of carbonyl (C=O) groups excluding carboxylic acids is 1. The van der Waals surface area contributed by atoms with Crippen LogP contribution < -0.4 is 5.73 Å². The van der Waals surface area contributed by atoms with E-state index < -0.39 is 0 Å². The van der Waals surface area contributed by atoms with Gasteiger partial charge in [0, 0.05) is 25.6 Å². The number of rotatable bonds is 4. The number of aryl methyl sites for hydroxylation is 1. The van der Waals surface area contributed by atoms with E-state index >= 15 is 0 Å².